The van der Waals surface area contributed by atoms with E-state index in [1.54, 1.807) is 18.2 Å². The molecule has 0 aliphatic rings. The molecule has 0 amide bonds. The highest BCUT2D eigenvalue weighted by molar-refractivity contribution is 6.42. The zero-order valence-electron chi connectivity index (χ0n) is 8.32. The minimum absolute atomic E-state index is 0. The second kappa shape index (κ2) is 6.97. The number of hydrogen-bond acceptors (Lipinski definition) is 2. The topological polar surface area (TPSA) is 63.3 Å². The molecule has 0 aromatic heterocycles. The minimum Gasteiger partial charge on any atom is -0.481 e. The van der Waals surface area contributed by atoms with E-state index >= 15 is 0 Å². The standard InChI is InChI=1S/C10H11Cl2NO2.ClH/c11-8-2-1-6(4-9(8)12)3-7(5-13)10(14)15;/h1-2,4,7H,3,5,13H2,(H,14,15);1H/t7-;/m0./s1. The summed E-state index contributed by atoms with van der Waals surface area (Å²) in [6.07, 6.45) is 0.364. The fourth-order valence-corrected chi connectivity index (χ4v) is 1.54. The number of carboxylic acids is 1. The molecule has 16 heavy (non-hydrogen) atoms. The number of benzene rings is 1. The lowest BCUT2D eigenvalue weighted by Crippen LogP contribution is -2.25. The Labute approximate surface area is 110 Å². The van der Waals surface area contributed by atoms with Crippen LogP contribution in [0.2, 0.25) is 10.0 Å². The second-order valence-corrected chi connectivity index (χ2v) is 4.04. The van der Waals surface area contributed by atoms with Crippen molar-refractivity contribution in [3.8, 4) is 0 Å². The Morgan fingerprint density at radius 2 is 2.00 bits per heavy atom. The summed E-state index contributed by atoms with van der Waals surface area (Å²) in [5, 5.41) is 9.70. The summed E-state index contributed by atoms with van der Waals surface area (Å²) in [6.45, 7) is 0.107. The van der Waals surface area contributed by atoms with Gasteiger partial charge in [-0.1, -0.05) is 29.3 Å². The van der Waals surface area contributed by atoms with Crippen LogP contribution in [0.1, 0.15) is 5.56 Å². The van der Waals surface area contributed by atoms with Crippen LogP contribution >= 0.6 is 35.6 Å². The number of nitrogens with two attached hydrogens (primary N) is 1. The number of carboxylic acid groups (broad SMARTS) is 1. The van der Waals surface area contributed by atoms with Gasteiger partial charge in [-0.3, -0.25) is 4.79 Å². The average Bonchev–Trinajstić information content (AvgIpc) is 2.19. The Morgan fingerprint density at radius 1 is 1.38 bits per heavy atom. The van der Waals surface area contributed by atoms with E-state index in [9.17, 15) is 4.79 Å². The van der Waals surface area contributed by atoms with Crippen molar-refractivity contribution in [2.45, 2.75) is 6.42 Å². The van der Waals surface area contributed by atoms with Crippen LogP contribution in [0.3, 0.4) is 0 Å². The molecule has 6 heteroatoms. The van der Waals surface area contributed by atoms with Crippen molar-refractivity contribution in [1.29, 1.82) is 0 Å². The number of hydrogen-bond donors (Lipinski definition) is 2. The first-order valence-electron chi connectivity index (χ1n) is 4.41. The third kappa shape index (κ3) is 4.18. The fraction of sp³-hybridized carbons (Fsp3) is 0.300. The summed E-state index contributed by atoms with van der Waals surface area (Å²) in [5.41, 5.74) is 6.17. The van der Waals surface area contributed by atoms with Gasteiger partial charge in [0.05, 0.1) is 16.0 Å². The Kier molecular flexibility index (Phi) is 6.76. The molecule has 0 saturated heterocycles. The molecule has 1 aromatic carbocycles. The zero-order chi connectivity index (χ0) is 11.4. The molecule has 0 aliphatic carbocycles. The third-order valence-corrected chi connectivity index (χ3v) is 2.84. The van der Waals surface area contributed by atoms with E-state index in [0.29, 0.717) is 16.5 Å². The Hall–Kier alpha value is -0.480. The Balaban J connectivity index is 0.00000225. The first-order valence-corrected chi connectivity index (χ1v) is 5.17. The van der Waals surface area contributed by atoms with Gasteiger partial charge >= 0.3 is 5.97 Å². The van der Waals surface area contributed by atoms with Gasteiger partial charge in [0.25, 0.3) is 0 Å². The summed E-state index contributed by atoms with van der Waals surface area (Å²) >= 11 is 11.6. The van der Waals surface area contributed by atoms with E-state index in [2.05, 4.69) is 0 Å². The van der Waals surface area contributed by atoms with E-state index in [4.69, 9.17) is 34.0 Å². The quantitative estimate of drug-likeness (QED) is 0.893. The molecule has 0 heterocycles. The number of halogens is 3. The molecule has 90 valence electrons. The Morgan fingerprint density at radius 3 is 2.44 bits per heavy atom. The van der Waals surface area contributed by atoms with Crippen LogP contribution in [0.4, 0.5) is 0 Å². The molecule has 0 unspecified atom stereocenters. The van der Waals surface area contributed by atoms with Gasteiger partial charge in [0.1, 0.15) is 0 Å². The molecule has 0 saturated carbocycles. The van der Waals surface area contributed by atoms with Crippen molar-refractivity contribution in [2.24, 2.45) is 11.7 Å². The fourth-order valence-electron chi connectivity index (χ4n) is 1.22. The van der Waals surface area contributed by atoms with Crippen molar-refractivity contribution in [2.75, 3.05) is 6.54 Å². The first-order chi connectivity index (χ1) is 7.04. The molecule has 0 radical (unpaired) electrons. The highest BCUT2D eigenvalue weighted by Gasteiger charge is 2.16. The van der Waals surface area contributed by atoms with Gasteiger partial charge in [-0.05, 0) is 24.1 Å². The lowest BCUT2D eigenvalue weighted by molar-refractivity contribution is -0.141. The molecule has 1 rings (SSSR count). The molecular weight excluding hydrogens is 272 g/mol. The first kappa shape index (κ1) is 15.5. The smallest absolute Gasteiger partial charge is 0.308 e. The van der Waals surface area contributed by atoms with E-state index in [1.165, 1.54) is 0 Å². The molecular formula is C10H12Cl3NO2. The van der Waals surface area contributed by atoms with Crippen molar-refractivity contribution >= 4 is 41.6 Å². The molecule has 1 aromatic rings. The maximum absolute atomic E-state index is 10.7. The van der Waals surface area contributed by atoms with Gasteiger partial charge in [0.2, 0.25) is 0 Å². The van der Waals surface area contributed by atoms with E-state index in [0.717, 1.165) is 5.56 Å². The molecule has 3 N–H and O–H groups in total. The van der Waals surface area contributed by atoms with Gasteiger partial charge in [-0.2, -0.15) is 0 Å². The normalized spacial score (nSPS) is 11.7. The van der Waals surface area contributed by atoms with Crippen LogP contribution in [-0.4, -0.2) is 17.6 Å². The number of carbonyl (C=O) groups is 1. The summed E-state index contributed by atoms with van der Waals surface area (Å²) in [6, 6.07) is 5.06. The van der Waals surface area contributed by atoms with Crippen molar-refractivity contribution < 1.29 is 9.90 Å². The van der Waals surface area contributed by atoms with Crippen molar-refractivity contribution in [1.82, 2.24) is 0 Å². The summed E-state index contributed by atoms with van der Waals surface area (Å²) in [5.74, 6) is -1.48. The van der Waals surface area contributed by atoms with Crippen LogP contribution in [0.25, 0.3) is 0 Å². The molecule has 1 atom stereocenters. The summed E-state index contributed by atoms with van der Waals surface area (Å²) in [7, 11) is 0. The molecule has 3 nitrogen and oxygen atoms in total. The van der Waals surface area contributed by atoms with Gasteiger partial charge in [-0.25, -0.2) is 0 Å². The minimum atomic E-state index is -0.899. The Bertz CT molecular complexity index is 371. The molecule has 0 fully saturated rings. The lowest BCUT2D eigenvalue weighted by Gasteiger charge is -2.09. The van der Waals surface area contributed by atoms with Crippen LogP contribution in [0.15, 0.2) is 18.2 Å². The second-order valence-electron chi connectivity index (χ2n) is 3.22. The largest absolute Gasteiger partial charge is 0.481 e. The maximum Gasteiger partial charge on any atom is 0.308 e. The lowest BCUT2D eigenvalue weighted by atomic mass is 10.00. The van der Waals surface area contributed by atoms with Gasteiger partial charge in [-0.15, -0.1) is 12.4 Å². The summed E-state index contributed by atoms with van der Waals surface area (Å²) in [4.78, 5) is 10.7. The predicted octanol–water partition coefficient (Wildman–Crippen LogP) is 2.62. The maximum atomic E-state index is 10.7. The monoisotopic (exact) mass is 283 g/mol. The molecule has 0 aliphatic heterocycles. The predicted molar refractivity (Wildman–Crippen MR) is 67.6 cm³/mol. The van der Waals surface area contributed by atoms with Crippen LogP contribution in [-0.2, 0) is 11.2 Å². The zero-order valence-corrected chi connectivity index (χ0v) is 10.6. The highest BCUT2D eigenvalue weighted by atomic mass is 35.5. The van der Waals surface area contributed by atoms with Crippen LogP contribution in [0.5, 0.6) is 0 Å². The SMILES string of the molecule is Cl.NC[C@H](Cc1ccc(Cl)c(Cl)c1)C(=O)O. The number of rotatable bonds is 4. The van der Waals surface area contributed by atoms with Crippen molar-refractivity contribution in [3.63, 3.8) is 0 Å². The van der Waals surface area contributed by atoms with Crippen LogP contribution in [0, 0.1) is 5.92 Å². The molecule has 0 spiro atoms. The summed E-state index contributed by atoms with van der Waals surface area (Å²) < 4.78 is 0. The molecule has 0 bridgehead atoms. The highest BCUT2D eigenvalue weighted by Crippen LogP contribution is 2.23. The van der Waals surface area contributed by atoms with E-state index in [1.807, 2.05) is 0 Å². The van der Waals surface area contributed by atoms with Crippen LogP contribution < -0.4 is 5.73 Å². The number of aliphatic carboxylic acids is 1. The van der Waals surface area contributed by atoms with Crippen molar-refractivity contribution in [3.05, 3.63) is 33.8 Å². The van der Waals surface area contributed by atoms with E-state index < -0.39 is 11.9 Å². The van der Waals surface area contributed by atoms with Gasteiger partial charge in [0, 0.05) is 6.54 Å². The van der Waals surface area contributed by atoms with Gasteiger partial charge in [0.15, 0.2) is 0 Å². The average molecular weight is 285 g/mol. The van der Waals surface area contributed by atoms with Gasteiger partial charge < -0.3 is 10.8 Å². The van der Waals surface area contributed by atoms with E-state index in [-0.39, 0.29) is 19.0 Å². The third-order valence-electron chi connectivity index (χ3n) is 2.10.